The molecule has 3 aromatic carbocycles. The molecule has 0 atom stereocenters. The molecule has 1 heterocycles. The smallest absolute Gasteiger partial charge is 0.227 e. The van der Waals surface area contributed by atoms with E-state index in [1.165, 1.54) is 0 Å². The second-order valence-corrected chi connectivity index (χ2v) is 5.66. The van der Waals surface area contributed by atoms with Crippen molar-refractivity contribution in [3.63, 3.8) is 0 Å². The molecule has 0 aliphatic heterocycles. The van der Waals surface area contributed by atoms with E-state index >= 15 is 0 Å². The van der Waals surface area contributed by atoms with Gasteiger partial charge in [0.05, 0.1) is 14.2 Å². The minimum absolute atomic E-state index is 0.601. The summed E-state index contributed by atoms with van der Waals surface area (Å²) < 4.78 is 16.3. The van der Waals surface area contributed by atoms with Crippen LogP contribution >= 0.6 is 0 Å². The molecule has 0 saturated carbocycles. The van der Waals surface area contributed by atoms with E-state index < -0.39 is 0 Å². The molecule has 4 nitrogen and oxygen atoms in total. The summed E-state index contributed by atoms with van der Waals surface area (Å²) in [6.45, 7) is 0. The van der Waals surface area contributed by atoms with E-state index in [4.69, 9.17) is 13.9 Å². The molecule has 0 amide bonds. The number of benzene rings is 3. The topological polar surface area (TPSA) is 44.5 Å². The van der Waals surface area contributed by atoms with Crippen LogP contribution in [-0.4, -0.2) is 19.2 Å². The minimum Gasteiger partial charge on any atom is -0.497 e. The number of hydrogen-bond acceptors (Lipinski definition) is 4. The Morgan fingerprint density at radius 1 is 0.680 bits per heavy atom. The first-order valence-electron chi connectivity index (χ1n) is 7.96. The van der Waals surface area contributed by atoms with Gasteiger partial charge in [-0.3, -0.25) is 0 Å². The van der Waals surface area contributed by atoms with Crippen molar-refractivity contribution in [3.8, 4) is 34.1 Å². The van der Waals surface area contributed by atoms with Crippen LogP contribution in [0.2, 0.25) is 0 Å². The van der Waals surface area contributed by atoms with Gasteiger partial charge in [-0.25, -0.2) is 4.98 Å². The van der Waals surface area contributed by atoms with E-state index in [9.17, 15) is 0 Å². The Bertz CT molecular complexity index is 956. The Labute approximate surface area is 145 Å². The van der Waals surface area contributed by atoms with Crippen LogP contribution in [0.15, 0.2) is 71.1 Å². The second-order valence-electron chi connectivity index (χ2n) is 5.66. The van der Waals surface area contributed by atoms with Gasteiger partial charge < -0.3 is 13.9 Å². The Morgan fingerprint density at radius 2 is 1.24 bits per heavy atom. The van der Waals surface area contributed by atoms with E-state index in [2.05, 4.69) is 4.98 Å². The summed E-state index contributed by atoms with van der Waals surface area (Å²) >= 11 is 0. The maximum Gasteiger partial charge on any atom is 0.227 e. The SMILES string of the molecule is COc1ccc(-c2ccc3nc(-c4ccc(OC)cc4)oc3c2)cc1. The number of methoxy groups -OCH3 is 2. The maximum absolute atomic E-state index is 5.96. The van der Waals surface area contributed by atoms with Crippen molar-refractivity contribution in [2.24, 2.45) is 0 Å². The molecule has 4 heteroatoms. The van der Waals surface area contributed by atoms with Gasteiger partial charge >= 0.3 is 0 Å². The van der Waals surface area contributed by atoms with Crippen LogP contribution in [-0.2, 0) is 0 Å². The molecule has 0 fully saturated rings. The highest BCUT2D eigenvalue weighted by Gasteiger charge is 2.10. The van der Waals surface area contributed by atoms with Crippen molar-refractivity contribution >= 4 is 11.1 Å². The first-order valence-corrected chi connectivity index (χ1v) is 7.96. The minimum atomic E-state index is 0.601. The zero-order valence-electron chi connectivity index (χ0n) is 14.0. The van der Waals surface area contributed by atoms with Crippen molar-refractivity contribution in [1.82, 2.24) is 4.98 Å². The van der Waals surface area contributed by atoms with Gasteiger partial charge in [0.15, 0.2) is 5.58 Å². The van der Waals surface area contributed by atoms with Gasteiger partial charge in [-0.2, -0.15) is 0 Å². The molecular formula is C21H17NO3. The largest absolute Gasteiger partial charge is 0.497 e. The number of hydrogen-bond donors (Lipinski definition) is 0. The molecule has 25 heavy (non-hydrogen) atoms. The number of oxazole rings is 1. The van der Waals surface area contributed by atoms with Crippen molar-refractivity contribution < 1.29 is 13.9 Å². The molecule has 4 rings (SSSR count). The predicted molar refractivity (Wildman–Crippen MR) is 98.0 cm³/mol. The van der Waals surface area contributed by atoms with Gasteiger partial charge in [-0.15, -0.1) is 0 Å². The summed E-state index contributed by atoms with van der Waals surface area (Å²) in [4.78, 5) is 4.57. The molecule has 0 aliphatic rings. The van der Waals surface area contributed by atoms with Crippen LogP contribution in [0.5, 0.6) is 11.5 Å². The zero-order chi connectivity index (χ0) is 17.2. The Balaban J connectivity index is 1.70. The first-order chi connectivity index (χ1) is 12.3. The van der Waals surface area contributed by atoms with Crippen LogP contribution in [0.3, 0.4) is 0 Å². The van der Waals surface area contributed by atoms with Crippen LogP contribution < -0.4 is 9.47 Å². The lowest BCUT2D eigenvalue weighted by Gasteiger charge is -2.03. The normalized spacial score (nSPS) is 10.8. The average molecular weight is 331 g/mol. The van der Waals surface area contributed by atoms with E-state index in [0.717, 1.165) is 39.3 Å². The number of fused-ring (bicyclic) bond motifs is 1. The molecule has 4 aromatic rings. The lowest BCUT2D eigenvalue weighted by molar-refractivity contribution is 0.414. The van der Waals surface area contributed by atoms with Crippen LogP contribution in [0.25, 0.3) is 33.7 Å². The molecule has 0 unspecified atom stereocenters. The summed E-state index contributed by atoms with van der Waals surface area (Å²) in [5, 5.41) is 0. The third-order valence-electron chi connectivity index (χ3n) is 4.15. The first kappa shape index (κ1) is 15.3. The fourth-order valence-electron chi connectivity index (χ4n) is 2.74. The lowest BCUT2D eigenvalue weighted by Crippen LogP contribution is -1.82. The fourth-order valence-corrected chi connectivity index (χ4v) is 2.74. The van der Waals surface area contributed by atoms with Crippen molar-refractivity contribution in [1.29, 1.82) is 0 Å². The third-order valence-corrected chi connectivity index (χ3v) is 4.15. The van der Waals surface area contributed by atoms with Crippen molar-refractivity contribution in [2.75, 3.05) is 14.2 Å². The molecular weight excluding hydrogens is 314 g/mol. The van der Waals surface area contributed by atoms with Gasteiger partial charge in [0, 0.05) is 5.56 Å². The van der Waals surface area contributed by atoms with Crippen molar-refractivity contribution in [3.05, 3.63) is 66.7 Å². The quantitative estimate of drug-likeness (QED) is 0.517. The molecule has 0 spiro atoms. The highest BCUT2D eigenvalue weighted by molar-refractivity contribution is 5.82. The van der Waals surface area contributed by atoms with Gasteiger partial charge in [0.25, 0.3) is 0 Å². The van der Waals surface area contributed by atoms with Gasteiger partial charge in [0.1, 0.15) is 17.0 Å². The molecule has 0 radical (unpaired) electrons. The van der Waals surface area contributed by atoms with E-state index in [1.54, 1.807) is 14.2 Å². The van der Waals surface area contributed by atoms with Gasteiger partial charge in [0.2, 0.25) is 5.89 Å². The monoisotopic (exact) mass is 331 g/mol. The second kappa shape index (κ2) is 6.32. The number of aromatic nitrogens is 1. The highest BCUT2D eigenvalue weighted by Crippen LogP contribution is 2.30. The zero-order valence-corrected chi connectivity index (χ0v) is 14.0. The lowest BCUT2D eigenvalue weighted by atomic mass is 10.1. The van der Waals surface area contributed by atoms with Crippen LogP contribution in [0.1, 0.15) is 0 Å². The van der Waals surface area contributed by atoms with Crippen molar-refractivity contribution in [2.45, 2.75) is 0 Å². The van der Waals surface area contributed by atoms with Crippen LogP contribution in [0.4, 0.5) is 0 Å². The van der Waals surface area contributed by atoms with E-state index in [0.29, 0.717) is 5.89 Å². The standard InChI is InChI=1S/C21H17NO3/c1-23-17-8-3-14(4-9-17)16-7-12-19-20(13-16)25-21(22-19)15-5-10-18(24-2)11-6-15/h3-13H,1-2H3. The third kappa shape index (κ3) is 2.94. The predicted octanol–water partition coefficient (Wildman–Crippen LogP) is 5.18. The molecule has 0 N–H and O–H groups in total. The van der Waals surface area contributed by atoms with Crippen LogP contribution in [0, 0.1) is 0 Å². The summed E-state index contributed by atoms with van der Waals surface area (Å²) in [6, 6.07) is 21.7. The number of rotatable bonds is 4. The summed E-state index contributed by atoms with van der Waals surface area (Å²) in [6.07, 6.45) is 0. The Kier molecular flexibility index (Phi) is 3.86. The average Bonchev–Trinajstić information content (AvgIpc) is 3.11. The molecule has 0 aliphatic carbocycles. The molecule has 1 aromatic heterocycles. The highest BCUT2D eigenvalue weighted by atomic mass is 16.5. The Morgan fingerprint density at radius 3 is 1.84 bits per heavy atom. The molecule has 0 bridgehead atoms. The molecule has 0 saturated heterocycles. The maximum atomic E-state index is 5.96. The molecule has 124 valence electrons. The van der Waals surface area contributed by atoms with E-state index in [-0.39, 0.29) is 0 Å². The summed E-state index contributed by atoms with van der Waals surface area (Å²) in [5.74, 6) is 2.25. The fraction of sp³-hybridized carbons (Fsp3) is 0.0952. The number of ether oxygens (including phenoxy) is 2. The Hall–Kier alpha value is -3.27. The number of nitrogens with zero attached hydrogens (tertiary/aromatic N) is 1. The summed E-state index contributed by atoms with van der Waals surface area (Å²) in [5.41, 5.74) is 4.70. The van der Waals surface area contributed by atoms with Gasteiger partial charge in [-0.05, 0) is 59.7 Å². The summed E-state index contributed by atoms with van der Waals surface area (Å²) in [7, 11) is 3.31. The van der Waals surface area contributed by atoms with E-state index in [1.807, 2.05) is 66.7 Å². The van der Waals surface area contributed by atoms with Gasteiger partial charge in [-0.1, -0.05) is 18.2 Å².